The minimum atomic E-state index is -1.75. The number of hydrogen-bond acceptors (Lipinski definition) is 12. The highest BCUT2D eigenvalue weighted by Gasteiger charge is 2.32. The number of carboxylic acid groups (broad SMARTS) is 3. The molecule has 1 aromatic carbocycles. The summed E-state index contributed by atoms with van der Waals surface area (Å²) < 4.78 is 0. The number of benzene rings is 1. The highest BCUT2D eigenvalue weighted by Crippen LogP contribution is 2.08. The number of thiol groups is 1. The van der Waals surface area contributed by atoms with Crippen molar-refractivity contribution in [3.8, 4) is 0 Å². The van der Waals surface area contributed by atoms with Crippen molar-refractivity contribution in [2.75, 3.05) is 12.3 Å². The molecule has 0 aliphatic rings. The molecule has 7 amide bonds. The van der Waals surface area contributed by atoms with Crippen molar-refractivity contribution < 1.29 is 63.3 Å². The predicted octanol–water partition coefficient (Wildman–Crippen LogP) is -3.24. The van der Waals surface area contributed by atoms with Gasteiger partial charge in [-0.05, 0) is 30.7 Å². The summed E-state index contributed by atoms with van der Waals surface area (Å²) in [5.74, 6) is -11.5. The molecule has 21 nitrogen and oxygen atoms in total. The van der Waals surface area contributed by atoms with Crippen LogP contribution in [0, 0.1) is 5.92 Å². The Kier molecular flexibility index (Phi) is 21.2. The lowest BCUT2D eigenvalue weighted by molar-refractivity contribution is -0.143. The number of nitrogens with two attached hydrogens (primary N) is 2. The molecule has 56 heavy (non-hydrogen) atoms. The second-order valence-electron chi connectivity index (χ2n) is 13.1. The molecule has 0 heterocycles. The molecule has 1 aromatic rings. The fourth-order valence-electron chi connectivity index (χ4n) is 4.97. The summed E-state index contributed by atoms with van der Waals surface area (Å²) in [5.41, 5.74) is 11.9. The SMILES string of the molecule is CC(C)C[C@H](N)C(=O)N[C@@H](Cc1ccccc1)C(=O)NCC(=O)N[C@@H](CC(N)=O)C(=O)N[C@@H](CCC(=O)O)C(=O)N[C@@H](CS)C(=O)N[C@@H](CCC(=O)O)C(=O)O. The number of aliphatic carboxylic acids is 3. The first-order chi connectivity index (χ1) is 26.2. The number of rotatable bonds is 26. The Morgan fingerprint density at radius 1 is 0.661 bits per heavy atom. The lowest BCUT2D eigenvalue weighted by atomic mass is 10.0. The van der Waals surface area contributed by atoms with Gasteiger partial charge in [-0.15, -0.1) is 0 Å². The van der Waals surface area contributed by atoms with Crippen LogP contribution in [0.3, 0.4) is 0 Å². The number of amides is 7. The summed E-state index contributed by atoms with van der Waals surface area (Å²) in [5, 5.41) is 41.1. The van der Waals surface area contributed by atoms with Gasteiger partial charge in [-0.3, -0.25) is 43.2 Å². The van der Waals surface area contributed by atoms with E-state index in [-0.39, 0.29) is 12.3 Å². The van der Waals surface area contributed by atoms with Gasteiger partial charge in [0.05, 0.1) is 19.0 Å². The maximum atomic E-state index is 13.3. The lowest BCUT2D eigenvalue weighted by Gasteiger charge is -2.25. The van der Waals surface area contributed by atoms with Crippen molar-refractivity contribution >= 4 is 71.9 Å². The number of carboxylic acids is 3. The van der Waals surface area contributed by atoms with Crippen LogP contribution >= 0.6 is 12.6 Å². The molecule has 13 N–H and O–H groups in total. The van der Waals surface area contributed by atoms with Crippen LogP contribution in [0.4, 0.5) is 0 Å². The smallest absolute Gasteiger partial charge is 0.326 e. The third kappa shape index (κ3) is 19.0. The van der Waals surface area contributed by atoms with Crippen LogP contribution in [-0.2, 0) is 54.4 Å². The fraction of sp³-hybridized carbons (Fsp3) is 0.529. The molecular weight excluding hydrogens is 760 g/mol. The lowest BCUT2D eigenvalue weighted by Crippen LogP contribution is -2.59. The van der Waals surface area contributed by atoms with Crippen molar-refractivity contribution in [3.63, 3.8) is 0 Å². The Morgan fingerprint density at radius 2 is 1.16 bits per heavy atom. The highest BCUT2D eigenvalue weighted by atomic mass is 32.1. The van der Waals surface area contributed by atoms with E-state index in [0.29, 0.717) is 12.0 Å². The molecule has 0 radical (unpaired) electrons. The van der Waals surface area contributed by atoms with Crippen LogP contribution in [-0.4, -0.2) is 123 Å². The van der Waals surface area contributed by atoms with Gasteiger partial charge in [0, 0.05) is 25.0 Å². The Labute approximate surface area is 327 Å². The van der Waals surface area contributed by atoms with Gasteiger partial charge in [0.1, 0.15) is 30.2 Å². The van der Waals surface area contributed by atoms with E-state index >= 15 is 0 Å². The van der Waals surface area contributed by atoms with Crippen molar-refractivity contribution in [3.05, 3.63) is 35.9 Å². The van der Waals surface area contributed by atoms with Crippen molar-refractivity contribution in [1.82, 2.24) is 31.9 Å². The third-order valence-electron chi connectivity index (χ3n) is 7.81. The summed E-state index contributed by atoms with van der Waals surface area (Å²) in [6.07, 6.45) is -2.79. The minimum Gasteiger partial charge on any atom is -0.481 e. The third-order valence-corrected chi connectivity index (χ3v) is 8.18. The number of carbonyl (C=O) groups is 10. The molecule has 0 saturated heterocycles. The number of nitrogens with one attached hydrogen (secondary N) is 6. The monoisotopic (exact) mass is 810 g/mol. The number of carbonyl (C=O) groups excluding carboxylic acids is 7. The van der Waals surface area contributed by atoms with E-state index in [2.05, 4.69) is 44.5 Å². The second kappa shape index (κ2) is 24.6. The number of hydrogen-bond donors (Lipinski definition) is 12. The Morgan fingerprint density at radius 3 is 1.68 bits per heavy atom. The van der Waals surface area contributed by atoms with Gasteiger partial charge < -0.3 is 58.7 Å². The van der Waals surface area contributed by atoms with E-state index in [1.165, 1.54) is 0 Å². The molecule has 1 rings (SSSR count). The Bertz CT molecular complexity index is 1580. The molecule has 0 unspecified atom stereocenters. The summed E-state index contributed by atoms with van der Waals surface area (Å²) in [6, 6.07) is -0.0894. The van der Waals surface area contributed by atoms with E-state index in [9.17, 15) is 58.2 Å². The van der Waals surface area contributed by atoms with Gasteiger partial charge in [-0.2, -0.15) is 12.6 Å². The van der Waals surface area contributed by atoms with Gasteiger partial charge >= 0.3 is 17.9 Å². The van der Waals surface area contributed by atoms with E-state index in [1.807, 2.05) is 13.8 Å². The van der Waals surface area contributed by atoms with Crippen LogP contribution in [0.15, 0.2) is 30.3 Å². The predicted molar refractivity (Wildman–Crippen MR) is 199 cm³/mol. The molecule has 310 valence electrons. The quantitative estimate of drug-likeness (QED) is 0.0410. The first-order valence-electron chi connectivity index (χ1n) is 17.4. The summed E-state index contributed by atoms with van der Waals surface area (Å²) >= 11 is 3.97. The summed E-state index contributed by atoms with van der Waals surface area (Å²) in [7, 11) is 0. The average Bonchev–Trinajstić information content (AvgIpc) is 3.11. The van der Waals surface area contributed by atoms with Crippen LogP contribution in [0.25, 0.3) is 0 Å². The average molecular weight is 811 g/mol. The minimum absolute atomic E-state index is 0.0293. The first-order valence-corrected chi connectivity index (χ1v) is 18.0. The van der Waals surface area contributed by atoms with Crippen molar-refractivity contribution in [2.24, 2.45) is 17.4 Å². The molecule has 0 saturated carbocycles. The second-order valence-corrected chi connectivity index (χ2v) is 13.4. The summed E-state index contributed by atoms with van der Waals surface area (Å²) in [6.45, 7) is 2.98. The van der Waals surface area contributed by atoms with Crippen LogP contribution in [0.2, 0.25) is 0 Å². The van der Waals surface area contributed by atoms with E-state index in [0.717, 1.165) is 0 Å². The molecule has 0 bridgehead atoms. The summed E-state index contributed by atoms with van der Waals surface area (Å²) in [4.78, 5) is 124. The van der Waals surface area contributed by atoms with Crippen LogP contribution in [0.5, 0.6) is 0 Å². The highest BCUT2D eigenvalue weighted by molar-refractivity contribution is 7.80. The topological polar surface area (TPSA) is 356 Å². The van der Waals surface area contributed by atoms with Crippen LogP contribution in [0.1, 0.15) is 57.9 Å². The molecule has 0 fully saturated rings. The van der Waals surface area contributed by atoms with Gasteiger partial charge in [0.25, 0.3) is 0 Å². The first kappa shape index (κ1) is 48.2. The largest absolute Gasteiger partial charge is 0.481 e. The standard InChI is InChI=1S/C34H50N8O13S/c1-17(2)12-19(35)29(49)41-22(13-18-6-4-3-5-7-18)30(50)37-15-26(44)38-23(14-25(36)43)32(52)39-20(8-10-27(45)46)31(51)42-24(16-56)33(53)40-21(34(54)55)9-11-28(47)48/h3-7,17,19-24,56H,8-16,35H2,1-2H3,(H2,36,43)(H,37,50)(H,38,44)(H,39,52)(H,40,53)(H,41,49)(H,42,51)(H,45,46)(H,47,48)(H,54,55)/t19-,20-,21-,22-,23-,24-/m0/s1. The Balaban J connectivity index is 3.10. The molecule has 22 heteroatoms. The zero-order valence-corrected chi connectivity index (χ0v) is 31.7. The molecule has 6 atom stereocenters. The normalized spacial score (nSPS) is 14.0. The van der Waals surface area contributed by atoms with Gasteiger partial charge in [-0.25, -0.2) is 4.79 Å². The van der Waals surface area contributed by atoms with Gasteiger partial charge in [0.2, 0.25) is 41.4 Å². The van der Waals surface area contributed by atoms with E-state index in [1.54, 1.807) is 30.3 Å². The maximum absolute atomic E-state index is 13.3. The molecule has 0 aliphatic heterocycles. The van der Waals surface area contributed by atoms with Crippen molar-refractivity contribution in [1.29, 1.82) is 0 Å². The Hall–Kier alpha value is -5.77. The van der Waals surface area contributed by atoms with Gasteiger partial charge in [-0.1, -0.05) is 44.2 Å². The zero-order valence-electron chi connectivity index (χ0n) is 30.8. The zero-order chi connectivity index (χ0) is 42.5. The van der Waals surface area contributed by atoms with Gasteiger partial charge in [0.15, 0.2) is 0 Å². The molecule has 0 aromatic heterocycles. The molecule has 0 spiro atoms. The van der Waals surface area contributed by atoms with Crippen molar-refractivity contribution in [2.45, 2.75) is 95.0 Å². The molecule has 0 aliphatic carbocycles. The fourth-order valence-corrected chi connectivity index (χ4v) is 5.23. The van der Waals surface area contributed by atoms with E-state index < -0.39 is 140 Å². The number of primary amides is 1. The molecular formula is C34H50N8O13S. The van der Waals surface area contributed by atoms with Crippen LogP contribution < -0.4 is 43.4 Å². The van der Waals surface area contributed by atoms with E-state index in [4.69, 9.17) is 16.6 Å². The maximum Gasteiger partial charge on any atom is 0.326 e.